The predicted octanol–water partition coefficient (Wildman–Crippen LogP) is 3.60. The Morgan fingerprint density at radius 2 is 1.86 bits per heavy atom. The van der Waals surface area contributed by atoms with Gasteiger partial charge in [-0.2, -0.15) is 0 Å². The number of aliphatic hydroxyl groups excluding tert-OH is 1. The molecule has 4 bridgehead atoms. The molecule has 0 aromatic heterocycles. The number of hydrogen-bond acceptors (Lipinski definition) is 7. The van der Waals surface area contributed by atoms with E-state index in [2.05, 4.69) is 59.8 Å². The molecule has 0 spiro atoms. The Kier molecular flexibility index (Phi) is 11.1. The lowest BCUT2D eigenvalue weighted by Crippen LogP contribution is -2.63. The van der Waals surface area contributed by atoms with Gasteiger partial charge in [-0.3, -0.25) is 10.1 Å². The van der Waals surface area contributed by atoms with Gasteiger partial charge in [0, 0.05) is 42.2 Å². The third-order valence-corrected chi connectivity index (χ3v) is 11.0. The van der Waals surface area contributed by atoms with Gasteiger partial charge in [0.05, 0.1) is 24.3 Å². The number of aliphatic hydroxyl groups is 2. The Hall–Kier alpha value is -1.99. The highest BCUT2D eigenvalue weighted by Gasteiger charge is 2.39. The van der Waals surface area contributed by atoms with Crippen molar-refractivity contribution in [2.24, 2.45) is 17.6 Å². The highest BCUT2D eigenvalue weighted by atomic mass is 16.4. The standard InChI is InChI=1S/C36H56N4O4/c1-24-32(41)15-14-29(39-24)13-12-26-8-3-6-25-7-4-11-31-27(18-26)9-5-10-28(31)19-30-20-35(2,21-33(37)40-30)38-23-36(44,17-16-25)22-34(42)43/h5,9-10,24-26,29-30,32-33,38-41,44H,3,6-8,12-23,37H2,1-2H3,(H,42,43)/t24-,25-,26+,29+,30+,32+,33+,35-,36+/m0/s1. The predicted molar refractivity (Wildman–Crippen MR) is 174 cm³/mol. The number of benzene rings is 1. The molecule has 0 saturated carbocycles. The molecule has 8 nitrogen and oxygen atoms in total. The zero-order chi connectivity index (χ0) is 31.3. The summed E-state index contributed by atoms with van der Waals surface area (Å²) in [5.74, 6) is 7.08. The first-order valence-corrected chi connectivity index (χ1v) is 17.2. The van der Waals surface area contributed by atoms with Gasteiger partial charge in [-0.1, -0.05) is 42.9 Å². The molecule has 8 N–H and O–H groups in total. The van der Waals surface area contributed by atoms with Crippen molar-refractivity contribution in [1.29, 1.82) is 0 Å². The Balaban J connectivity index is 1.44. The van der Waals surface area contributed by atoms with Crippen LogP contribution in [0.2, 0.25) is 0 Å². The number of carboxylic acids is 1. The molecule has 0 amide bonds. The maximum atomic E-state index is 11.9. The smallest absolute Gasteiger partial charge is 0.306 e. The fraction of sp³-hybridized carbons (Fsp3) is 0.750. The van der Waals surface area contributed by atoms with E-state index in [0.717, 1.165) is 77.0 Å². The average Bonchev–Trinajstić information content (AvgIpc) is 2.98. The molecule has 44 heavy (non-hydrogen) atoms. The van der Waals surface area contributed by atoms with Crippen molar-refractivity contribution in [2.75, 3.05) is 6.54 Å². The maximum Gasteiger partial charge on any atom is 0.306 e. The van der Waals surface area contributed by atoms with Crippen molar-refractivity contribution < 1.29 is 20.1 Å². The highest BCUT2D eigenvalue weighted by molar-refractivity contribution is 5.68. The fourth-order valence-corrected chi connectivity index (χ4v) is 8.44. The van der Waals surface area contributed by atoms with E-state index in [0.29, 0.717) is 30.7 Å². The monoisotopic (exact) mass is 608 g/mol. The van der Waals surface area contributed by atoms with Crippen LogP contribution in [-0.4, -0.2) is 69.4 Å². The maximum absolute atomic E-state index is 11.9. The van der Waals surface area contributed by atoms with Crippen molar-refractivity contribution in [1.82, 2.24) is 16.0 Å². The van der Waals surface area contributed by atoms with Crippen molar-refractivity contribution in [3.8, 4) is 11.8 Å². The molecule has 1 aromatic rings. The van der Waals surface area contributed by atoms with E-state index in [1.807, 2.05) is 0 Å². The first kappa shape index (κ1) is 33.4. The lowest BCUT2D eigenvalue weighted by atomic mass is 9.79. The van der Waals surface area contributed by atoms with Crippen LogP contribution in [-0.2, 0) is 17.6 Å². The van der Waals surface area contributed by atoms with Crippen LogP contribution in [0.4, 0.5) is 0 Å². The summed E-state index contributed by atoms with van der Waals surface area (Å²) in [5, 5.41) is 42.4. The quantitative estimate of drug-likeness (QED) is 0.252. The summed E-state index contributed by atoms with van der Waals surface area (Å²) in [6.07, 6.45) is 12.0. The topological polar surface area (TPSA) is 140 Å². The molecule has 1 aromatic carbocycles. The summed E-state index contributed by atoms with van der Waals surface area (Å²) in [5.41, 5.74) is 8.69. The van der Waals surface area contributed by atoms with Gasteiger partial charge in [0.15, 0.2) is 0 Å². The van der Waals surface area contributed by atoms with E-state index < -0.39 is 11.6 Å². The number of β-amino-alcohol motifs (C(OH)–C–C–N with tert-alkyl or cyclic N) is 1. The number of nitrogens with two attached hydrogens (primary N) is 1. The summed E-state index contributed by atoms with van der Waals surface area (Å²) in [4.78, 5) is 11.9. The Morgan fingerprint density at radius 1 is 1.07 bits per heavy atom. The summed E-state index contributed by atoms with van der Waals surface area (Å²) in [6, 6.07) is 7.44. The number of carboxylic acid groups (broad SMARTS) is 1. The van der Waals surface area contributed by atoms with Gasteiger partial charge in [-0.15, -0.1) is 0 Å². The molecule has 2 fully saturated rings. The van der Waals surface area contributed by atoms with E-state index in [1.54, 1.807) is 0 Å². The molecule has 0 unspecified atom stereocenters. The summed E-state index contributed by atoms with van der Waals surface area (Å²) in [6.45, 7) is 4.48. The molecule has 5 rings (SSSR count). The zero-order valence-corrected chi connectivity index (χ0v) is 26.9. The lowest BCUT2D eigenvalue weighted by molar-refractivity contribution is -0.143. The van der Waals surface area contributed by atoms with Gasteiger partial charge in [0.2, 0.25) is 0 Å². The molecular formula is C36H56N4O4. The number of nitrogens with one attached hydrogen (secondary N) is 3. The Bertz CT molecular complexity index is 1200. The highest BCUT2D eigenvalue weighted by Crippen LogP contribution is 2.33. The van der Waals surface area contributed by atoms with E-state index in [9.17, 15) is 20.1 Å². The number of carbonyl (C=O) groups is 1. The minimum absolute atomic E-state index is 0.138. The molecular weight excluding hydrogens is 552 g/mol. The minimum atomic E-state index is -1.32. The first-order chi connectivity index (χ1) is 21.0. The van der Waals surface area contributed by atoms with Crippen molar-refractivity contribution in [3.05, 3.63) is 34.9 Å². The average molecular weight is 609 g/mol. The third-order valence-electron chi connectivity index (χ3n) is 11.0. The number of fused-ring (bicyclic) bond motifs is 4. The number of piperidine rings is 2. The molecule has 4 aliphatic rings. The van der Waals surface area contributed by atoms with Crippen LogP contribution in [0.15, 0.2) is 18.2 Å². The second kappa shape index (κ2) is 14.6. The number of rotatable bonds is 5. The molecule has 3 heterocycles. The lowest BCUT2D eigenvalue weighted by Gasteiger charge is -2.44. The first-order valence-electron chi connectivity index (χ1n) is 17.2. The van der Waals surface area contributed by atoms with Gasteiger partial charge in [0.1, 0.15) is 0 Å². The minimum Gasteiger partial charge on any atom is -0.481 e. The molecule has 244 valence electrons. The zero-order valence-electron chi connectivity index (χ0n) is 26.9. The van der Waals surface area contributed by atoms with Gasteiger partial charge in [-0.25, -0.2) is 0 Å². The molecule has 2 saturated heterocycles. The summed E-state index contributed by atoms with van der Waals surface area (Å²) >= 11 is 0. The fourth-order valence-electron chi connectivity index (χ4n) is 8.44. The van der Waals surface area contributed by atoms with Gasteiger partial charge >= 0.3 is 5.97 Å². The Morgan fingerprint density at radius 3 is 2.64 bits per heavy atom. The van der Waals surface area contributed by atoms with E-state index in [1.165, 1.54) is 16.7 Å². The van der Waals surface area contributed by atoms with Gasteiger partial charge in [-0.05, 0) is 107 Å². The third kappa shape index (κ3) is 9.05. The van der Waals surface area contributed by atoms with Crippen molar-refractivity contribution in [2.45, 2.75) is 152 Å². The van der Waals surface area contributed by atoms with Crippen molar-refractivity contribution in [3.63, 3.8) is 0 Å². The van der Waals surface area contributed by atoms with Gasteiger partial charge < -0.3 is 31.7 Å². The van der Waals surface area contributed by atoms with Crippen LogP contribution < -0.4 is 21.7 Å². The largest absolute Gasteiger partial charge is 0.481 e. The van der Waals surface area contributed by atoms with Gasteiger partial charge in [0.25, 0.3) is 0 Å². The van der Waals surface area contributed by atoms with Crippen LogP contribution >= 0.6 is 0 Å². The summed E-state index contributed by atoms with van der Waals surface area (Å²) < 4.78 is 0. The van der Waals surface area contributed by atoms with Crippen LogP contribution in [0.3, 0.4) is 0 Å². The van der Waals surface area contributed by atoms with E-state index >= 15 is 0 Å². The van der Waals surface area contributed by atoms with E-state index in [-0.39, 0.29) is 42.9 Å². The SMILES string of the molecule is C[C@@H]1N[C@H](CC[C@H]2CCC[C@H]3CC#Cc4c(cccc4C[C@@H]4C[C@@](C)(C[C@H](N)N4)NC[C@](O)(CC(=O)O)CC3)C2)CC[C@H]1O. The van der Waals surface area contributed by atoms with Crippen LogP contribution in [0.25, 0.3) is 0 Å². The van der Waals surface area contributed by atoms with E-state index in [4.69, 9.17) is 5.73 Å². The van der Waals surface area contributed by atoms with Crippen LogP contribution in [0.5, 0.6) is 0 Å². The Labute approximate surface area is 264 Å². The van der Waals surface area contributed by atoms with Crippen LogP contribution in [0.1, 0.15) is 114 Å². The molecule has 3 aliphatic heterocycles. The molecule has 1 aliphatic carbocycles. The summed E-state index contributed by atoms with van der Waals surface area (Å²) in [7, 11) is 0. The van der Waals surface area contributed by atoms with Crippen molar-refractivity contribution >= 4 is 5.97 Å². The molecule has 0 radical (unpaired) electrons. The molecule has 9 atom stereocenters. The van der Waals surface area contributed by atoms with Crippen LogP contribution in [0, 0.1) is 23.7 Å². The number of hydrogen-bond donors (Lipinski definition) is 7. The second-order valence-electron chi connectivity index (χ2n) is 15.0. The number of aliphatic carboxylic acids is 1. The normalized spacial score (nSPS) is 38.4. The second-order valence-corrected chi connectivity index (χ2v) is 15.0. The molecule has 8 heteroatoms.